The first-order chi connectivity index (χ1) is 12.5. The van der Waals surface area contributed by atoms with E-state index >= 15 is 0 Å². The summed E-state index contributed by atoms with van der Waals surface area (Å²) in [6.45, 7) is 4.19. The molecular weight excluding hydrogens is 356 g/mol. The first-order valence-electron chi connectivity index (χ1n) is 8.42. The molecule has 2 heterocycles. The molecule has 1 saturated heterocycles. The van der Waals surface area contributed by atoms with Gasteiger partial charge in [-0.25, -0.2) is 4.98 Å². The smallest absolute Gasteiger partial charge is 0.252 e. The van der Waals surface area contributed by atoms with Crippen LogP contribution in [0.3, 0.4) is 0 Å². The van der Waals surface area contributed by atoms with Crippen LogP contribution in [0, 0.1) is 0 Å². The van der Waals surface area contributed by atoms with Gasteiger partial charge in [-0.1, -0.05) is 29.8 Å². The van der Waals surface area contributed by atoms with Gasteiger partial charge in [-0.3, -0.25) is 9.59 Å². The van der Waals surface area contributed by atoms with Crippen LogP contribution in [0.4, 0.5) is 0 Å². The number of morpholine rings is 1. The van der Waals surface area contributed by atoms with E-state index in [-0.39, 0.29) is 31.0 Å². The number of hydrogen-bond acceptors (Lipinski definition) is 4. The fourth-order valence-electron chi connectivity index (χ4n) is 2.97. The molecule has 0 saturated carbocycles. The molecule has 0 aliphatic carbocycles. The van der Waals surface area contributed by atoms with Gasteiger partial charge in [0.2, 0.25) is 5.91 Å². The van der Waals surface area contributed by atoms with Crippen LogP contribution in [0.15, 0.2) is 36.7 Å². The lowest BCUT2D eigenvalue weighted by Crippen LogP contribution is -2.52. The molecule has 1 fully saturated rings. The maximum atomic E-state index is 12.7. The van der Waals surface area contributed by atoms with Crippen LogP contribution in [0.5, 0.6) is 0 Å². The lowest BCUT2D eigenvalue weighted by atomic mass is 9.99. The molecule has 3 rings (SSSR count). The van der Waals surface area contributed by atoms with E-state index in [1.165, 1.54) is 0 Å². The van der Waals surface area contributed by atoms with Crippen molar-refractivity contribution in [2.45, 2.75) is 38.6 Å². The van der Waals surface area contributed by atoms with Crippen LogP contribution in [-0.2, 0) is 20.9 Å². The number of nitrogens with zero attached hydrogens (tertiary/aromatic N) is 2. The van der Waals surface area contributed by atoms with Gasteiger partial charge in [-0.05, 0) is 25.5 Å². The van der Waals surface area contributed by atoms with Crippen molar-refractivity contribution in [1.82, 2.24) is 20.2 Å². The minimum Gasteiger partial charge on any atom is -0.356 e. The molecule has 2 unspecified atom stereocenters. The zero-order valence-corrected chi connectivity index (χ0v) is 15.4. The van der Waals surface area contributed by atoms with Gasteiger partial charge in [0.25, 0.3) is 5.91 Å². The van der Waals surface area contributed by atoms with Crippen LogP contribution >= 0.6 is 11.6 Å². The quantitative estimate of drug-likeness (QED) is 0.835. The van der Waals surface area contributed by atoms with Crippen molar-refractivity contribution in [2.75, 3.05) is 6.61 Å². The van der Waals surface area contributed by atoms with E-state index in [2.05, 4.69) is 15.6 Å². The zero-order valence-electron chi connectivity index (χ0n) is 14.6. The molecule has 1 aromatic carbocycles. The number of carbonyl (C=O) groups excluding carboxylic acids is 2. The van der Waals surface area contributed by atoms with Crippen molar-refractivity contribution in [3.05, 3.63) is 53.1 Å². The molecule has 1 aliphatic heterocycles. The van der Waals surface area contributed by atoms with Gasteiger partial charge in [0.05, 0.1) is 12.6 Å². The third-order valence-corrected chi connectivity index (χ3v) is 4.58. The number of hydrogen-bond donors (Lipinski definition) is 2. The molecule has 2 atom stereocenters. The van der Waals surface area contributed by atoms with Crippen LogP contribution < -0.4 is 10.6 Å². The van der Waals surface area contributed by atoms with E-state index in [1.807, 2.05) is 24.6 Å². The maximum Gasteiger partial charge on any atom is 0.252 e. The second-order valence-electron chi connectivity index (χ2n) is 6.36. The molecule has 0 radical (unpaired) electrons. The van der Waals surface area contributed by atoms with Gasteiger partial charge in [-0.15, -0.1) is 0 Å². The van der Waals surface area contributed by atoms with Gasteiger partial charge in [0.15, 0.2) is 6.10 Å². The van der Waals surface area contributed by atoms with Crippen molar-refractivity contribution >= 4 is 23.4 Å². The topological polar surface area (TPSA) is 85.2 Å². The Morgan fingerprint density at radius 2 is 2.23 bits per heavy atom. The van der Waals surface area contributed by atoms with Crippen molar-refractivity contribution in [3.8, 4) is 0 Å². The Morgan fingerprint density at radius 3 is 2.96 bits per heavy atom. The van der Waals surface area contributed by atoms with Crippen molar-refractivity contribution in [1.29, 1.82) is 0 Å². The lowest BCUT2D eigenvalue weighted by molar-refractivity contribution is -0.148. The molecule has 138 valence electrons. The standard InChI is InChI=1S/C18H21ClN4O3/c1-11(2)23-8-7-20-14(23)9-21-18(25)17-16(22-15(24)10-26-17)12-5-3-4-6-13(12)19/h3-8,11,16-17H,9-10H2,1-2H3,(H,21,25)(H,22,24). The van der Waals surface area contributed by atoms with E-state index in [9.17, 15) is 9.59 Å². The fourth-order valence-corrected chi connectivity index (χ4v) is 3.22. The van der Waals surface area contributed by atoms with Gasteiger partial charge in [0, 0.05) is 23.5 Å². The summed E-state index contributed by atoms with van der Waals surface area (Å²) in [6.07, 6.45) is 2.71. The minimum atomic E-state index is -0.866. The highest BCUT2D eigenvalue weighted by Crippen LogP contribution is 2.28. The highest BCUT2D eigenvalue weighted by molar-refractivity contribution is 6.31. The highest BCUT2D eigenvalue weighted by atomic mass is 35.5. The number of nitrogens with one attached hydrogen (secondary N) is 2. The third kappa shape index (κ3) is 3.89. The van der Waals surface area contributed by atoms with Crippen molar-refractivity contribution in [2.24, 2.45) is 0 Å². The molecule has 26 heavy (non-hydrogen) atoms. The lowest BCUT2D eigenvalue weighted by Gasteiger charge is -2.32. The molecule has 7 nitrogen and oxygen atoms in total. The summed E-state index contributed by atoms with van der Waals surface area (Å²) in [4.78, 5) is 28.7. The number of halogens is 1. The summed E-state index contributed by atoms with van der Waals surface area (Å²) < 4.78 is 7.49. The number of amides is 2. The Kier molecular flexibility index (Phi) is 5.58. The van der Waals surface area contributed by atoms with Gasteiger partial charge >= 0.3 is 0 Å². The first-order valence-corrected chi connectivity index (χ1v) is 8.80. The summed E-state index contributed by atoms with van der Waals surface area (Å²) in [7, 11) is 0. The van der Waals surface area contributed by atoms with Crippen molar-refractivity contribution < 1.29 is 14.3 Å². The normalized spacial score (nSPS) is 20.1. The highest BCUT2D eigenvalue weighted by Gasteiger charge is 2.37. The Labute approximate surface area is 156 Å². The SMILES string of the molecule is CC(C)n1ccnc1CNC(=O)C1OCC(=O)NC1c1ccccc1Cl. The summed E-state index contributed by atoms with van der Waals surface area (Å²) >= 11 is 6.24. The second-order valence-corrected chi connectivity index (χ2v) is 6.77. The van der Waals surface area contributed by atoms with E-state index in [0.29, 0.717) is 10.6 Å². The summed E-state index contributed by atoms with van der Waals surface area (Å²) in [5.41, 5.74) is 0.644. The number of carbonyl (C=O) groups is 2. The van der Waals surface area contributed by atoms with Crippen LogP contribution in [-0.4, -0.2) is 34.1 Å². The molecule has 0 bridgehead atoms. The molecule has 0 spiro atoms. The Morgan fingerprint density at radius 1 is 1.46 bits per heavy atom. The monoisotopic (exact) mass is 376 g/mol. The van der Waals surface area contributed by atoms with E-state index in [0.717, 1.165) is 5.82 Å². The minimum absolute atomic E-state index is 0.167. The summed E-state index contributed by atoms with van der Waals surface area (Å²) in [5, 5.41) is 6.11. The van der Waals surface area contributed by atoms with Gasteiger partial charge in [-0.2, -0.15) is 0 Å². The Hall–Kier alpha value is -2.38. The summed E-state index contributed by atoms with van der Waals surface area (Å²) in [6, 6.07) is 6.68. The molecule has 1 aliphatic rings. The average molecular weight is 377 g/mol. The number of imidazole rings is 1. The molecular formula is C18H21ClN4O3. The fraction of sp³-hybridized carbons (Fsp3) is 0.389. The molecule has 2 amide bonds. The second kappa shape index (κ2) is 7.88. The molecule has 2 N–H and O–H groups in total. The maximum absolute atomic E-state index is 12.7. The number of aromatic nitrogens is 2. The number of ether oxygens (including phenoxy) is 1. The van der Waals surface area contributed by atoms with Gasteiger partial charge < -0.3 is 19.9 Å². The van der Waals surface area contributed by atoms with Crippen molar-refractivity contribution in [3.63, 3.8) is 0 Å². The third-order valence-electron chi connectivity index (χ3n) is 4.24. The molecule has 8 heteroatoms. The first kappa shape index (κ1) is 18.4. The van der Waals surface area contributed by atoms with E-state index in [4.69, 9.17) is 16.3 Å². The van der Waals surface area contributed by atoms with Crippen LogP contribution in [0.25, 0.3) is 0 Å². The van der Waals surface area contributed by atoms with E-state index in [1.54, 1.807) is 30.5 Å². The largest absolute Gasteiger partial charge is 0.356 e. The summed E-state index contributed by atoms with van der Waals surface area (Å²) in [5.74, 6) is 0.144. The van der Waals surface area contributed by atoms with Crippen LogP contribution in [0.2, 0.25) is 5.02 Å². The number of rotatable bonds is 5. The average Bonchev–Trinajstić information content (AvgIpc) is 3.09. The van der Waals surface area contributed by atoms with Gasteiger partial charge in [0.1, 0.15) is 12.4 Å². The zero-order chi connectivity index (χ0) is 18.7. The Balaban J connectivity index is 1.75. The molecule has 2 aromatic rings. The molecule has 1 aromatic heterocycles. The van der Waals surface area contributed by atoms with Crippen LogP contribution in [0.1, 0.15) is 37.3 Å². The predicted octanol–water partition coefficient (Wildman–Crippen LogP) is 1.99. The number of benzene rings is 1. The predicted molar refractivity (Wildman–Crippen MR) is 96.5 cm³/mol. The van der Waals surface area contributed by atoms with E-state index < -0.39 is 12.1 Å². The Bertz CT molecular complexity index is 805.